The fourth-order valence-corrected chi connectivity index (χ4v) is 2.52. The Bertz CT molecular complexity index is 498. The van der Waals surface area contributed by atoms with Crippen LogP contribution < -0.4 is 5.32 Å². The summed E-state index contributed by atoms with van der Waals surface area (Å²) in [6.07, 6.45) is 2.97. The van der Waals surface area contributed by atoms with Crippen LogP contribution in [0.3, 0.4) is 0 Å². The van der Waals surface area contributed by atoms with Gasteiger partial charge in [-0.3, -0.25) is 0 Å². The Morgan fingerprint density at radius 1 is 1.43 bits per heavy atom. The number of hydrogen-bond donors (Lipinski definition) is 3. The van der Waals surface area contributed by atoms with Crippen molar-refractivity contribution in [3.63, 3.8) is 0 Å². The molecule has 1 aliphatic heterocycles. The Balaban J connectivity index is 2.26. The van der Waals surface area contributed by atoms with E-state index >= 15 is 0 Å². The number of rotatable bonds is 6. The zero-order valence-corrected chi connectivity index (χ0v) is 12.3. The maximum absolute atomic E-state index is 11.2. The van der Waals surface area contributed by atoms with E-state index in [1.165, 1.54) is 6.07 Å². The lowest BCUT2D eigenvalue weighted by Gasteiger charge is -2.36. The molecule has 1 saturated heterocycles. The molecule has 2 rings (SSSR count). The minimum atomic E-state index is -0.970. The van der Waals surface area contributed by atoms with Crippen molar-refractivity contribution in [3.05, 3.63) is 23.4 Å². The molecule has 6 heteroatoms. The number of pyridine rings is 1. The van der Waals surface area contributed by atoms with Crippen molar-refractivity contribution < 1.29 is 19.7 Å². The summed E-state index contributed by atoms with van der Waals surface area (Å²) in [5, 5.41) is 22.1. The van der Waals surface area contributed by atoms with Gasteiger partial charge in [0.15, 0.2) is 0 Å². The average molecular weight is 294 g/mol. The van der Waals surface area contributed by atoms with Gasteiger partial charge in [0.05, 0.1) is 17.7 Å². The molecule has 21 heavy (non-hydrogen) atoms. The van der Waals surface area contributed by atoms with Crippen LogP contribution in [0.15, 0.2) is 12.1 Å². The van der Waals surface area contributed by atoms with E-state index in [1.807, 2.05) is 6.92 Å². The van der Waals surface area contributed by atoms with Crippen LogP contribution in [0.2, 0.25) is 0 Å². The van der Waals surface area contributed by atoms with Gasteiger partial charge >= 0.3 is 5.97 Å². The Morgan fingerprint density at radius 2 is 2.14 bits per heavy atom. The molecular weight excluding hydrogens is 272 g/mol. The van der Waals surface area contributed by atoms with E-state index in [0.717, 1.165) is 18.5 Å². The first kappa shape index (κ1) is 15.7. The van der Waals surface area contributed by atoms with Crippen molar-refractivity contribution in [1.82, 2.24) is 4.98 Å². The van der Waals surface area contributed by atoms with Gasteiger partial charge in [-0.05, 0) is 31.4 Å². The third-order valence-electron chi connectivity index (χ3n) is 3.78. The van der Waals surface area contributed by atoms with E-state index in [4.69, 9.17) is 4.74 Å². The van der Waals surface area contributed by atoms with Crippen molar-refractivity contribution in [2.75, 3.05) is 25.1 Å². The normalized spacial score (nSPS) is 17.4. The number of anilines is 1. The van der Waals surface area contributed by atoms with E-state index in [9.17, 15) is 15.0 Å². The molecule has 2 heterocycles. The lowest BCUT2D eigenvalue weighted by Crippen LogP contribution is -2.47. The molecule has 116 valence electrons. The van der Waals surface area contributed by atoms with Crippen molar-refractivity contribution in [2.24, 2.45) is 0 Å². The van der Waals surface area contributed by atoms with Gasteiger partial charge in [-0.1, -0.05) is 13.3 Å². The molecule has 0 amide bonds. The predicted octanol–water partition coefficient (Wildman–Crippen LogP) is 1.69. The van der Waals surface area contributed by atoms with E-state index in [2.05, 4.69) is 10.3 Å². The Labute approximate surface area is 124 Å². The second-order valence-electron chi connectivity index (χ2n) is 5.46. The average Bonchev–Trinajstić information content (AvgIpc) is 2.48. The van der Waals surface area contributed by atoms with Gasteiger partial charge in [0.2, 0.25) is 0 Å². The number of aliphatic hydroxyl groups excluding tert-OH is 1. The van der Waals surface area contributed by atoms with Gasteiger partial charge < -0.3 is 20.3 Å². The van der Waals surface area contributed by atoms with Crippen LogP contribution in [0, 0.1) is 0 Å². The third-order valence-corrected chi connectivity index (χ3v) is 3.78. The number of nitrogens with zero attached hydrogens (tertiary/aromatic N) is 1. The summed E-state index contributed by atoms with van der Waals surface area (Å²) in [7, 11) is 0. The molecular formula is C15H22N2O4. The predicted molar refractivity (Wildman–Crippen MR) is 78.7 cm³/mol. The largest absolute Gasteiger partial charge is 0.478 e. The molecule has 1 fully saturated rings. The van der Waals surface area contributed by atoms with Crippen LogP contribution in [-0.2, 0) is 11.2 Å². The summed E-state index contributed by atoms with van der Waals surface area (Å²) in [4.78, 5) is 15.7. The summed E-state index contributed by atoms with van der Waals surface area (Å²) in [5.74, 6) is -0.461. The van der Waals surface area contributed by atoms with Gasteiger partial charge in [-0.2, -0.15) is 0 Å². The number of carboxylic acid groups (broad SMARTS) is 1. The Kier molecular flexibility index (Phi) is 5.14. The minimum Gasteiger partial charge on any atom is -0.478 e. The van der Waals surface area contributed by atoms with Crippen molar-refractivity contribution in [1.29, 1.82) is 0 Å². The van der Waals surface area contributed by atoms with Crippen molar-refractivity contribution in [3.8, 4) is 0 Å². The number of aromatic carboxylic acids is 1. The smallest absolute Gasteiger partial charge is 0.335 e. The monoisotopic (exact) mass is 294 g/mol. The summed E-state index contributed by atoms with van der Waals surface area (Å²) in [6, 6.07) is 3.13. The number of aliphatic hydroxyl groups is 1. The summed E-state index contributed by atoms with van der Waals surface area (Å²) in [5.41, 5.74) is 0.488. The molecule has 1 aromatic heterocycles. The standard InChI is InChI=1S/C15H22N2O4/c1-2-3-12-8-11(14(19)20)9-13(16-12)17-15(10-18)4-6-21-7-5-15/h8-9,18H,2-7,10H2,1H3,(H,16,17)(H,19,20). The molecule has 0 aromatic carbocycles. The van der Waals surface area contributed by atoms with E-state index in [-0.39, 0.29) is 12.2 Å². The third kappa shape index (κ3) is 3.92. The highest BCUT2D eigenvalue weighted by Crippen LogP contribution is 2.25. The highest BCUT2D eigenvalue weighted by Gasteiger charge is 2.32. The van der Waals surface area contributed by atoms with Crippen LogP contribution in [-0.4, -0.2) is 46.5 Å². The van der Waals surface area contributed by atoms with Gasteiger partial charge in [-0.25, -0.2) is 9.78 Å². The van der Waals surface area contributed by atoms with Crippen molar-refractivity contribution >= 4 is 11.8 Å². The summed E-state index contributed by atoms with van der Waals surface area (Å²) >= 11 is 0. The highest BCUT2D eigenvalue weighted by molar-refractivity contribution is 5.88. The number of nitrogens with one attached hydrogen (secondary N) is 1. The lowest BCUT2D eigenvalue weighted by atomic mass is 9.91. The lowest BCUT2D eigenvalue weighted by molar-refractivity contribution is 0.0378. The van der Waals surface area contributed by atoms with E-state index in [0.29, 0.717) is 31.9 Å². The van der Waals surface area contributed by atoms with Gasteiger partial charge in [-0.15, -0.1) is 0 Å². The first-order chi connectivity index (χ1) is 10.1. The quantitative estimate of drug-likeness (QED) is 0.739. The molecule has 0 spiro atoms. The highest BCUT2D eigenvalue weighted by atomic mass is 16.5. The molecule has 0 atom stereocenters. The minimum absolute atomic E-state index is 0.0293. The molecule has 0 saturated carbocycles. The number of carbonyl (C=O) groups is 1. The number of ether oxygens (including phenoxy) is 1. The molecule has 0 bridgehead atoms. The first-order valence-corrected chi connectivity index (χ1v) is 7.29. The molecule has 3 N–H and O–H groups in total. The molecule has 1 aliphatic rings. The van der Waals surface area contributed by atoms with Gasteiger partial charge in [0.1, 0.15) is 5.82 Å². The fraction of sp³-hybridized carbons (Fsp3) is 0.600. The summed E-state index contributed by atoms with van der Waals surface area (Å²) < 4.78 is 5.32. The van der Waals surface area contributed by atoms with Crippen LogP contribution in [0.1, 0.15) is 42.2 Å². The SMILES string of the molecule is CCCc1cc(C(=O)O)cc(NC2(CO)CCOCC2)n1. The number of hydrogen-bond acceptors (Lipinski definition) is 5. The number of aryl methyl sites for hydroxylation is 1. The second-order valence-corrected chi connectivity index (χ2v) is 5.46. The Morgan fingerprint density at radius 3 is 2.71 bits per heavy atom. The van der Waals surface area contributed by atoms with Gasteiger partial charge in [0, 0.05) is 18.9 Å². The Hall–Kier alpha value is -1.66. The first-order valence-electron chi connectivity index (χ1n) is 7.29. The topological polar surface area (TPSA) is 91.7 Å². The van der Waals surface area contributed by atoms with Gasteiger partial charge in [0.25, 0.3) is 0 Å². The maximum Gasteiger partial charge on any atom is 0.335 e. The van der Waals surface area contributed by atoms with Crippen LogP contribution in [0.5, 0.6) is 0 Å². The van der Waals surface area contributed by atoms with Crippen LogP contribution >= 0.6 is 0 Å². The molecule has 6 nitrogen and oxygen atoms in total. The second kappa shape index (κ2) is 6.87. The number of aromatic nitrogens is 1. The van der Waals surface area contributed by atoms with Crippen molar-refractivity contribution in [2.45, 2.75) is 38.1 Å². The van der Waals surface area contributed by atoms with Crippen LogP contribution in [0.4, 0.5) is 5.82 Å². The van der Waals surface area contributed by atoms with E-state index in [1.54, 1.807) is 6.07 Å². The fourth-order valence-electron chi connectivity index (χ4n) is 2.52. The molecule has 0 radical (unpaired) electrons. The van der Waals surface area contributed by atoms with E-state index < -0.39 is 11.5 Å². The molecule has 0 aliphatic carbocycles. The zero-order valence-electron chi connectivity index (χ0n) is 12.3. The maximum atomic E-state index is 11.2. The summed E-state index contributed by atoms with van der Waals surface area (Å²) in [6.45, 7) is 3.15. The zero-order chi connectivity index (χ0) is 15.3. The molecule has 1 aromatic rings. The molecule has 0 unspecified atom stereocenters. The van der Waals surface area contributed by atoms with Crippen LogP contribution in [0.25, 0.3) is 0 Å². The number of carboxylic acids is 1.